The molecule has 28 heavy (non-hydrogen) atoms. The Kier molecular flexibility index (Phi) is 6.22. The van der Waals surface area contributed by atoms with Crippen molar-refractivity contribution < 1.29 is 13.9 Å². The van der Waals surface area contributed by atoms with Crippen LogP contribution in [0.1, 0.15) is 41.3 Å². The molecule has 3 aromatic rings. The fourth-order valence-electron chi connectivity index (χ4n) is 2.61. The van der Waals surface area contributed by atoms with Crippen LogP contribution in [0.3, 0.4) is 0 Å². The smallest absolute Gasteiger partial charge is 0.271 e. The molecule has 1 amide bonds. The second-order valence-corrected chi connectivity index (χ2v) is 6.45. The first-order valence-corrected chi connectivity index (χ1v) is 9.17. The van der Waals surface area contributed by atoms with Crippen LogP contribution in [0.25, 0.3) is 11.0 Å². The predicted octanol–water partition coefficient (Wildman–Crippen LogP) is 4.04. The van der Waals surface area contributed by atoms with E-state index in [1.807, 2.05) is 13.0 Å². The molecule has 0 unspecified atom stereocenters. The predicted molar refractivity (Wildman–Crippen MR) is 109 cm³/mol. The SMILES string of the molecule is CCCCOc1ccc(C(=O)NN=Cc2coc3ccc(C)cc3c2=O)cc1. The van der Waals surface area contributed by atoms with Crippen molar-refractivity contribution in [3.63, 3.8) is 0 Å². The molecule has 6 heteroatoms. The first kappa shape index (κ1) is 19.4. The van der Waals surface area contributed by atoms with Gasteiger partial charge in [-0.15, -0.1) is 0 Å². The fraction of sp³-hybridized carbons (Fsp3) is 0.227. The number of nitrogens with zero attached hydrogens (tertiary/aromatic N) is 1. The zero-order valence-electron chi connectivity index (χ0n) is 15.9. The number of rotatable bonds is 7. The van der Waals surface area contributed by atoms with Crippen LogP contribution in [0.4, 0.5) is 0 Å². The number of hydrogen-bond acceptors (Lipinski definition) is 5. The Morgan fingerprint density at radius 2 is 2.00 bits per heavy atom. The van der Waals surface area contributed by atoms with E-state index in [1.54, 1.807) is 36.4 Å². The van der Waals surface area contributed by atoms with Crippen LogP contribution < -0.4 is 15.6 Å². The summed E-state index contributed by atoms with van der Waals surface area (Å²) in [7, 11) is 0. The minimum atomic E-state index is -0.377. The van der Waals surface area contributed by atoms with Gasteiger partial charge in [-0.05, 0) is 49.7 Å². The number of nitrogens with one attached hydrogen (secondary N) is 1. The minimum absolute atomic E-state index is 0.198. The quantitative estimate of drug-likeness (QED) is 0.382. The number of ether oxygens (including phenoxy) is 1. The molecule has 0 radical (unpaired) electrons. The number of unbranched alkanes of at least 4 members (excludes halogenated alkanes) is 1. The number of hydrazone groups is 1. The Labute approximate surface area is 162 Å². The minimum Gasteiger partial charge on any atom is -0.494 e. The molecule has 0 aliphatic heterocycles. The molecule has 6 nitrogen and oxygen atoms in total. The Balaban J connectivity index is 1.66. The van der Waals surface area contributed by atoms with Gasteiger partial charge >= 0.3 is 0 Å². The molecule has 144 valence electrons. The zero-order valence-corrected chi connectivity index (χ0v) is 15.9. The van der Waals surface area contributed by atoms with Gasteiger partial charge < -0.3 is 9.15 Å². The fourth-order valence-corrected chi connectivity index (χ4v) is 2.61. The van der Waals surface area contributed by atoms with Crippen molar-refractivity contribution in [1.29, 1.82) is 0 Å². The van der Waals surface area contributed by atoms with Crippen LogP contribution in [0.2, 0.25) is 0 Å². The summed E-state index contributed by atoms with van der Waals surface area (Å²) in [6.07, 6.45) is 4.67. The van der Waals surface area contributed by atoms with Crippen LogP contribution in [0.5, 0.6) is 5.75 Å². The van der Waals surface area contributed by atoms with Gasteiger partial charge in [0.05, 0.1) is 23.8 Å². The van der Waals surface area contributed by atoms with Gasteiger partial charge in [0.2, 0.25) is 5.43 Å². The van der Waals surface area contributed by atoms with Gasteiger partial charge in [-0.1, -0.05) is 25.0 Å². The van der Waals surface area contributed by atoms with Gasteiger partial charge in [0.25, 0.3) is 5.91 Å². The maximum Gasteiger partial charge on any atom is 0.271 e. The Morgan fingerprint density at radius 1 is 1.21 bits per heavy atom. The average Bonchev–Trinajstić information content (AvgIpc) is 2.71. The van der Waals surface area contributed by atoms with E-state index in [1.165, 1.54) is 12.5 Å². The van der Waals surface area contributed by atoms with Crippen LogP contribution in [0, 0.1) is 6.92 Å². The summed E-state index contributed by atoms with van der Waals surface area (Å²) < 4.78 is 11.0. The standard InChI is InChI=1S/C22H22N2O4/c1-3-4-11-27-18-8-6-16(7-9-18)22(26)24-23-13-17-14-28-20-10-5-15(2)12-19(20)21(17)25/h5-10,12-14H,3-4,11H2,1-2H3,(H,24,26). The van der Waals surface area contributed by atoms with E-state index in [2.05, 4.69) is 17.5 Å². The van der Waals surface area contributed by atoms with Crippen molar-refractivity contribution in [1.82, 2.24) is 5.43 Å². The van der Waals surface area contributed by atoms with Gasteiger partial charge in [0.1, 0.15) is 17.6 Å². The van der Waals surface area contributed by atoms with Crippen molar-refractivity contribution in [3.05, 3.63) is 75.6 Å². The molecule has 0 fully saturated rings. The number of carbonyl (C=O) groups is 1. The van der Waals surface area contributed by atoms with Crippen molar-refractivity contribution in [2.45, 2.75) is 26.7 Å². The lowest BCUT2D eigenvalue weighted by molar-refractivity contribution is 0.0955. The van der Waals surface area contributed by atoms with Crippen molar-refractivity contribution in [2.75, 3.05) is 6.61 Å². The third-order valence-electron chi connectivity index (χ3n) is 4.21. The lowest BCUT2D eigenvalue weighted by Crippen LogP contribution is -2.18. The highest BCUT2D eigenvalue weighted by Crippen LogP contribution is 2.14. The molecular weight excluding hydrogens is 356 g/mol. The Hall–Kier alpha value is -3.41. The summed E-state index contributed by atoms with van der Waals surface area (Å²) in [5.41, 5.74) is 4.40. The van der Waals surface area contributed by atoms with E-state index in [9.17, 15) is 9.59 Å². The summed E-state index contributed by atoms with van der Waals surface area (Å²) in [5, 5.41) is 4.36. The number of amides is 1. The topological polar surface area (TPSA) is 80.9 Å². The molecule has 0 aliphatic carbocycles. The summed E-state index contributed by atoms with van der Waals surface area (Å²) in [4.78, 5) is 24.7. The first-order chi connectivity index (χ1) is 13.6. The van der Waals surface area contributed by atoms with Crippen LogP contribution in [-0.4, -0.2) is 18.7 Å². The molecule has 0 spiro atoms. The normalized spacial score (nSPS) is 11.1. The van der Waals surface area contributed by atoms with Crippen LogP contribution in [-0.2, 0) is 0 Å². The van der Waals surface area contributed by atoms with Gasteiger partial charge in [-0.25, -0.2) is 5.43 Å². The largest absolute Gasteiger partial charge is 0.494 e. The summed E-state index contributed by atoms with van der Waals surface area (Å²) in [5.74, 6) is 0.343. The Bertz CT molecular complexity index is 1050. The zero-order chi connectivity index (χ0) is 19.9. The molecule has 0 aliphatic rings. The second-order valence-electron chi connectivity index (χ2n) is 6.45. The molecule has 0 bridgehead atoms. The second kappa shape index (κ2) is 8.99. The number of aryl methyl sites for hydroxylation is 1. The van der Waals surface area contributed by atoms with E-state index in [-0.39, 0.29) is 16.9 Å². The molecule has 1 aromatic heterocycles. The number of benzene rings is 2. The van der Waals surface area contributed by atoms with E-state index in [4.69, 9.17) is 9.15 Å². The van der Waals surface area contributed by atoms with Crippen molar-refractivity contribution in [3.8, 4) is 5.75 Å². The number of hydrogen-bond donors (Lipinski definition) is 1. The van der Waals surface area contributed by atoms with Gasteiger partial charge in [-0.2, -0.15) is 5.10 Å². The summed E-state index contributed by atoms with van der Waals surface area (Å²) in [6, 6.07) is 12.2. The van der Waals surface area contributed by atoms with E-state index < -0.39 is 0 Å². The molecule has 2 aromatic carbocycles. The molecule has 1 N–H and O–H groups in total. The van der Waals surface area contributed by atoms with Gasteiger partial charge in [0.15, 0.2) is 0 Å². The molecular formula is C22H22N2O4. The van der Waals surface area contributed by atoms with Crippen molar-refractivity contribution >= 4 is 23.1 Å². The van der Waals surface area contributed by atoms with E-state index >= 15 is 0 Å². The maximum atomic E-state index is 12.5. The van der Waals surface area contributed by atoms with Gasteiger partial charge in [0, 0.05) is 5.56 Å². The highest BCUT2D eigenvalue weighted by Gasteiger charge is 2.07. The average molecular weight is 378 g/mol. The van der Waals surface area contributed by atoms with E-state index in [0.29, 0.717) is 23.1 Å². The maximum absolute atomic E-state index is 12.5. The Morgan fingerprint density at radius 3 is 2.75 bits per heavy atom. The first-order valence-electron chi connectivity index (χ1n) is 9.17. The monoisotopic (exact) mass is 378 g/mol. The number of carbonyl (C=O) groups excluding carboxylic acids is 1. The summed E-state index contributed by atoms with van der Waals surface area (Å²) in [6.45, 7) is 4.65. The van der Waals surface area contributed by atoms with Gasteiger partial charge in [-0.3, -0.25) is 9.59 Å². The third-order valence-corrected chi connectivity index (χ3v) is 4.21. The molecule has 1 heterocycles. The lowest BCUT2D eigenvalue weighted by Gasteiger charge is -2.06. The molecule has 0 saturated heterocycles. The van der Waals surface area contributed by atoms with Crippen molar-refractivity contribution in [2.24, 2.45) is 5.10 Å². The van der Waals surface area contributed by atoms with Crippen LogP contribution >= 0.6 is 0 Å². The summed E-state index contributed by atoms with van der Waals surface area (Å²) >= 11 is 0. The molecule has 0 saturated carbocycles. The molecule has 0 atom stereocenters. The number of fused-ring (bicyclic) bond motifs is 1. The van der Waals surface area contributed by atoms with E-state index in [0.717, 1.165) is 24.2 Å². The highest BCUT2D eigenvalue weighted by molar-refractivity contribution is 5.95. The van der Waals surface area contributed by atoms with Crippen LogP contribution in [0.15, 0.2) is 63.0 Å². The molecule has 3 rings (SSSR count). The highest BCUT2D eigenvalue weighted by atomic mass is 16.5. The third kappa shape index (κ3) is 4.65. The lowest BCUT2D eigenvalue weighted by atomic mass is 10.1.